The third-order valence-corrected chi connectivity index (χ3v) is 3.95. The fraction of sp³-hybridized carbons (Fsp3) is 0.0625. The Morgan fingerprint density at radius 3 is 2.50 bits per heavy atom. The molecule has 0 atom stereocenters. The van der Waals surface area contributed by atoms with E-state index < -0.39 is 0 Å². The third kappa shape index (κ3) is 3.30. The van der Waals surface area contributed by atoms with Crippen molar-refractivity contribution in [2.24, 2.45) is 0 Å². The number of rotatable bonds is 4. The summed E-state index contributed by atoms with van der Waals surface area (Å²) >= 11 is 1.10. The van der Waals surface area contributed by atoms with Crippen molar-refractivity contribution < 1.29 is 9.32 Å². The van der Waals surface area contributed by atoms with Crippen LogP contribution >= 0.6 is 11.5 Å². The Hall–Kier alpha value is -3.53. The number of amides is 1. The summed E-state index contributed by atoms with van der Waals surface area (Å²) < 4.78 is 9.13. The molecule has 0 saturated heterocycles. The van der Waals surface area contributed by atoms with Crippen LogP contribution in [0.4, 0.5) is 5.13 Å². The Balaban J connectivity index is 1.47. The minimum atomic E-state index is -0.378. The molecule has 128 valence electrons. The highest BCUT2D eigenvalue weighted by molar-refractivity contribution is 7.10. The molecule has 0 radical (unpaired) electrons. The average molecular weight is 365 g/mol. The van der Waals surface area contributed by atoms with Crippen molar-refractivity contribution in [1.82, 2.24) is 29.5 Å². The number of nitrogens with zero attached hydrogens (tertiary/aromatic N) is 6. The van der Waals surface area contributed by atoms with Crippen molar-refractivity contribution in [2.75, 3.05) is 5.32 Å². The number of aromatic nitrogens is 6. The van der Waals surface area contributed by atoms with Crippen LogP contribution in [0.3, 0.4) is 0 Å². The Morgan fingerprint density at radius 2 is 1.81 bits per heavy atom. The van der Waals surface area contributed by atoms with Gasteiger partial charge in [0.15, 0.2) is 5.82 Å². The summed E-state index contributed by atoms with van der Waals surface area (Å²) in [5.74, 6) is 1.14. The molecular weight excluding hydrogens is 354 g/mol. The molecule has 0 unspecified atom stereocenters. The van der Waals surface area contributed by atoms with Crippen LogP contribution in [0.1, 0.15) is 16.2 Å². The van der Waals surface area contributed by atoms with Gasteiger partial charge in [0.1, 0.15) is 0 Å². The maximum Gasteiger partial charge on any atom is 0.260 e. The fourth-order valence-corrected chi connectivity index (χ4v) is 2.68. The van der Waals surface area contributed by atoms with E-state index in [1.165, 1.54) is 12.4 Å². The van der Waals surface area contributed by atoms with E-state index >= 15 is 0 Å². The van der Waals surface area contributed by atoms with Crippen LogP contribution in [0, 0.1) is 6.92 Å². The van der Waals surface area contributed by atoms with Gasteiger partial charge in [-0.3, -0.25) is 10.1 Å². The van der Waals surface area contributed by atoms with Gasteiger partial charge in [0, 0.05) is 36.4 Å². The number of carbonyl (C=O) groups is 1. The van der Waals surface area contributed by atoms with Gasteiger partial charge in [0.05, 0.1) is 5.56 Å². The van der Waals surface area contributed by atoms with Gasteiger partial charge in [-0.15, -0.1) is 0 Å². The number of anilines is 1. The van der Waals surface area contributed by atoms with Gasteiger partial charge in [0.25, 0.3) is 5.91 Å². The summed E-state index contributed by atoms with van der Waals surface area (Å²) in [7, 11) is 0. The molecule has 0 aliphatic carbocycles. The van der Waals surface area contributed by atoms with Crippen LogP contribution < -0.4 is 5.32 Å². The first-order valence-electron chi connectivity index (χ1n) is 7.52. The Morgan fingerprint density at radius 1 is 1.04 bits per heavy atom. The predicted octanol–water partition coefficient (Wildman–Crippen LogP) is 2.61. The van der Waals surface area contributed by atoms with Crippen LogP contribution in [0.25, 0.3) is 23.0 Å². The number of aryl methyl sites for hydroxylation is 1. The second-order valence-corrected chi connectivity index (χ2v) is 5.93. The second-order valence-electron chi connectivity index (χ2n) is 5.18. The molecule has 0 aliphatic rings. The lowest BCUT2D eigenvalue weighted by Gasteiger charge is -2.00. The molecule has 0 aliphatic heterocycles. The normalized spacial score (nSPS) is 10.7. The van der Waals surface area contributed by atoms with Crippen LogP contribution in [-0.2, 0) is 0 Å². The van der Waals surface area contributed by atoms with Gasteiger partial charge < -0.3 is 4.52 Å². The molecule has 0 saturated carbocycles. The van der Waals surface area contributed by atoms with E-state index in [0.717, 1.165) is 17.1 Å². The first-order valence-corrected chi connectivity index (χ1v) is 8.29. The second kappa shape index (κ2) is 6.76. The zero-order valence-electron chi connectivity index (χ0n) is 13.4. The predicted molar refractivity (Wildman–Crippen MR) is 93.4 cm³/mol. The summed E-state index contributed by atoms with van der Waals surface area (Å²) in [6, 6.07) is 9.52. The van der Waals surface area contributed by atoms with Crippen LogP contribution in [0.2, 0.25) is 0 Å². The minimum Gasteiger partial charge on any atom is -0.339 e. The molecule has 3 aromatic heterocycles. The lowest BCUT2D eigenvalue weighted by Crippen LogP contribution is -2.12. The highest BCUT2D eigenvalue weighted by Crippen LogP contribution is 2.21. The van der Waals surface area contributed by atoms with Gasteiger partial charge in [0.2, 0.25) is 22.7 Å². The Kier molecular flexibility index (Phi) is 4.15. The van der Waals surface area contributed by atoms with Gasteiger partial charge in [-0.25, -0.2) is 9.97 Å². The molecule has 10 heteroatoms. The quantitative estimate of drug-likeness (QED) is 0.586. The van der Waals surface area contributed by atoms with Gasteiger partial charge >= 0.3 is 0 Å². The maximum absolute atomic E-state index is 12.3. The van der Waals surface area contributed by atoms with Crippen molar-refractivity contribution in [3.63, 3.8) is 0 Å². The highest BCUT2D eigenvalue weighted by atomic mass is 32.1. The summed E-state index contributed by atoms with van der Waals surface area (Å²) in [4.78, 5) is 28.8. The zero-order chi connectivity index (χ0) is 17.9. The van der Waals surface area contributed by atoms with Crippen molar-refractivity contribution in [3.8, 4) is 23.0 Å². The van der Waals surface area contributed by atoms with Crippen molar-refractivity contribution in [1.29, 1.82) is 0 Å². The molecule has 1 aromatic carbocycles. The minimum absolute atomic E-state index is 0.270. The monoisotopic (exact) mass is 365 g/mol. The molecule has 1 N–H and O–H groups in total. The Labute approximate surface area is 151 Å². The lowest BCUT2D eigenvalue weighted by molar-refractivity contribution is 0.102. The summed E-state index contributed by atoms with van der Waals surface area (Å²) in [6.07, 6.45) is 2.78. The number of hydrogen-bond donors (Lipinski definition) is 1. The number of benzene rings is 1. The van der Waals surface area contributed by atoms with Crippen LogP contribution in [0.15, 0.2) is 47.2 Å². The SMILES string of the molecule is Cc1nc(-c2ncc(C(=O)Nc3nc(-c4ccccc4)ns3)cn2)no1. The maximum atomic E-state index is 12.3. The number of nitrogens with one attached hydrogen (secondary N) is 1. The summed E-state index contributed by atoms with van der Waals surface area (Å²) in [5.41, 5.74) is 1.16. The molecule has 3 heterocycles. The first-order chi connectivity index (χ1) is 12.7. The van der Waals surface area contributed by atoms with E-state index in [9.17, 15) is 4.79 Å². The van der Waals surface area contributed by atoms with Crippen molar-refractivity contribution >= 4 is 22.6 Å². The van der Waals surface area contributed by atoms with Crippen LogP contribution in [0.5, 0.6) is 0 Å². The summed E-state index contributed by atoms with van der Waals surface area (Å²) in [6.45, 7) is 1.67. The highest BCUT2D eigenvalue weighted by Gasteiger charge is 2.14. The fourth-order valence-electron chi connectivity index (χ4n) is 2.10. The Bertz CT molecular complexity index is 1040. The first kappa shape index (κ1) is 16.0. The van der Waals surface area contributed by atoms with Gasteiger partial charge in [-0.05, 0) is 0 Å². The standard InChI is InChI=1S/C16H11N7O2S/c1-9-19-14(22-25-9)13-17-7-11(8-18-13)15(24)21-16-20-12(23-26-16)10-5-3-2-4-6-10/h2-8H,1H3,(H,20,21,23,24). The lowest BCUT2D eigenvalue weighted by atomic mass is 10.2. The van der Waals surface area contributed by atoms with E-state index in [1.54, 1.807) is 6.92 Å². The van der Waals surface area contributed by atoms with Crippen LogP contribution in [-0.4, -0.2) is 35.4 Å². The molecule has 9 nitrogen and oxygen atoms in total. The van der Waals surface area contributed by atoms with E-state index in [4.69, 9.17) is 4.52 Å². The van der Waals surface area contributed by atoms with E-state index in [2.05, 4.69) is 34.8 Å². The molecule has 4 rings (SSSR count). The van der Waals surface area contributed by atoms with Crippen molar-refractivity contribution in [2.45, 2.75) is 6.92 Å². The molecule has 0 spiro atoms. The molecule has 4 aromatic rings. The average Bonchev–Trinajstić information content (AvgIpc) is 3.32. The molecule has 0 fully saturated rings. The number of carbonyl (C=O) groups excluding carboxylic acids is 1. The van der Waals surface area contributed by atoms with E-state index in [1.807, 2.05) is 30.3 Å². The molecule has 26 heavy (non-hydrogen) atoms. The molecule has 1 amide bonds. The van der Waals surface area contributed by atoms with Crippen molar-refractivity contribution in [3.05, 3.63) is 54.2 Å². The van der Waals surface area contributed by atoms with Gasteiger partial charge in [-0.2, -0.15) is 14.3 Å². The van der Waals surface area contributed by atoms with E-state index in [0.29, 0.717) is 16.8 Å². The molecule has 0 bridgehead atoms. The largest absolute Gasteiger partial charge is 0.339 e. The van der Waals surface area contributed by atoms with Gasteiger partial charge in [-0.1, -0.05) is 35.5 Å². The number of hydrogen-bond acceptors (Lipinski definition) is 9. The smallest absolute Gasteiger partial charge is 0.260 e. The molecular formula is C16H11N7O2S. The third-order valence-electron chi connectivity index (χ3n) is 3.32. The topological polar surface area (TPSA) is 120 Å². The zero-order valence-corrected chi connectivity index (χ0v) is 14.3. The summed E-state index contributed by atoms with van der Waals surface area (Å²) in [5, 5.41) is 6.81. The van der Waals surface area contributed by atoms with E-state index in [-0.39, 0.29) is 23.1 Å².